The molecule has 1 aromatic carbocycles. The van der Waals surface area contributed by atoms with Gasteiger partial charge < -0.3 is 15.4 Å². The van der Waals surface area contributed by atoms with E-state index in [0.717, 1.165) is 16.5 Å². The first-order chi connectivity index (χ1) is 9.52. The number of nitrogens with zero attached hydrogens (tertiary/aromatic N) is 1. The highest BCUT2D eigenvalue weighted by Gasteiger charge is 2.12. The van der Waals surface area contributed by atoms with Gasteiger partial charge in [0.05, 0.1) is 18.7 Å². The van der Waals surface area contributed by atoms with Crippen LogP contribution >= 0.6 is 0 Å². The molecule has 1 unspecified atom stereocenters. The Labute approximate surface area is 116 Å². The lowest BCUT2D eigenvalue weighted by Gasteiger charge is -2.14. The molecule has 3 N–H and O–H groups in total. The van der Waals surface area contributed by atoms with Crippen LogP contribution in [0.25, 0.3) is 10.9 Å². The number of ketones is 1. The van der Waals surface area contributed by atoms with Gasteiger partial charge in [0.25, 0.3) is 5.56 Å². The Morgan fingerprint density at radius 3 is 2.75 bits per heavy atom. The Kier molecular flexibility index (Phi) is 4.32. The maximum absolute atomic E-state index is 12.2. The maximum atomic E-state index is 12.2. The number of para-hydroxylation sites is 1. The van der Waals surface area contributed by atoms with Crippen molar-refractivity contribution < 1.29 is 9.90 Å². The number of hydrogen-bond donors (Lipinski definition) is 2. The lowest BCUT2D eigenvalue weighted by atomic mass is 10.0. The van der Waals surface area contributed by atoms with Gasteiger partial charge in [-0.15, -0.1) is 0 Å². The summed E-state index contributed by atoms with van der Waals surface area (Å²) in [5.74, 6) is -0.0722. The third-order valence-electron chi connectivity index (χ3n) is 3.20. The SMILES string of the molecule is CC(=O)Cn1c(=O)cc(CC(N)CO)c2ccccc21. The summed E-state index contributed by atoms with van der Waals surface area (Å²) in [6.45, 7) is 1.38. The number of aliphatic hydroxyl groups is 1. The molecule has 0 aliphatic heterocycles. The van der Waals surface area contributed by atoms with Crippen molar-refractivity contribution in [3.05, 3.63) is 46.2 Å². The molecule has 20 heavy (non-hydrogen) atoms. The molecule has 0 saturated heterocycles. The average molecular weight is 274 g/mol. The van der Waals surface area contributed by atoms with E-state index in [1.54, 1.807) is 0 Å². The number of aliphatic hydroxyl groups excluding tert-OH is 1. The van der Waals surface area contributed by atoms with Gasteiger partial charge in [0, 0.05) is 17.5 Å². The third-order valence-corrected chi connectivity index (χ3v) is 3.20. The molecule has 1 heterocycles. The van der Waals surface area contributed by atoms with Gasteiger partial charge in [-0.3, -0.25) is 9.59 Å². The lowest BCUT2D eigenvalue weighted by molar-refractivity contribution is -0.117. The molecule has 0 fully saturated rings. The molecule has 0 saturated carbocycles. The predicted octanol–water partition coefficient (Wildman–Crippen LogP) is 0.453. The second kappa shape index (κ2) is 5.98. The minimum atomic E-state index is -0.401. The second-order valence-electron chi connectivity index (χ2n) is 4.96. The van der Waals surface area contributed by atoms with Crippen molar-refractivity contribution in [2.75, 3.05) is 6.61 Å². The van der Waals surface area contributed by atoms with Gasteiger partial charge in [0.2, 0.25) is 0 Å². The molecular formula is C15H18N2O3. The van der Waals surface area contributed by atoms with Crippen molar-refractivity contribution in [1.82, 2.24) is 4.57 Å². The summed E-state index contributed by atoms with van der Waals surface area (Å²) in [5.41, 5.74) is 7.04. The summed E-state index contributed by atoms with van der Waals surface area (Å²) in [4.78, 5) is 23.5. The van der Waals surface area contributed by atoms with Crippen LogP contribution in [0.3, 0.4) is 0 Å². The summed E-state index contributed by atoms with van der Waals surface area (Å²) < 4.78 is 1.46. The summed E-state index contributed by atoms with van der Waals surface area (Å²) in [5, 5.41) is 9.94. The topological polar surface area (TPSA) is 85.3 Å². The van der Waals surface area contributed by atoms with Gasteiger partial charge in [0.1, 0.15) is 5.78 Å². The Bertz CT molecular complexity index is 691. The van der Waals surface area contributed by atoms with Gasteiger partial charge in [-0.2, -0.15) is 0 Å². The van der Waals surface area contributed by atoms with Gasteiger partial charge in [-0.1, -0.05) is 18.2 Å². The molecule has 0 spiro atoms. The van der Waals surface area contributed by atoms with Gasteiger partial charge in [-0.25, -0.2) is 0 Å². The zero-order valence-electron chi connectivity index (χ0n) is 11.4. The van der Waals surface area contributed by atoms with Crippen LogP contribution in [0.2, 0.25) is 0 Å². The summed E-state index contributed by atoms with van der Waals surface area (Å²) in [6, 6.07) is 8.51. The second-order valence-corrected chi connectivity index (χ2v) is 4.96. The maximum Gasteiger partial charge on any atom is 0.251 e. The molecular weight excluding hydrogens is 256 g/mol. The van der Waals surface area contributed by atoms with E-state index in [-0.39, 0.29) is 24.5 Å². The minimum absolute atomic E-state index is 0.0612. The van der Waals surface area contributed by atoms with Crippen LogP contribution in [0.15, 0.2) is 35.1 Å². The first-order valence-corrected chi connectivity index (χ1v) is 6.50. The van der Waals surface area contributed by atoms with Crippen LogP contribution in [0.4, 0.5) is 0 Å². The Hall–Kier alpha value is -1.98. The van der Waals surface area contributed by atoms with E-state index >= 15 is 0 Å². The third kappa shape index (κ3) is 2.95. The number of pyridine rings is 1. The number of carbonyl (C=O) groups excluding carboxylic acids is 1. The van der Waals surface area contributed by atoms with E-state index in [9.17, 15) is 9.59 Å². The van der Waals surface area contributed by atoms with Crippen LogP contribution in [0.1, 0.15) is 12.5 Å². The highest BCUT2D eigenvalue weighted by atomic mass is 16.3. The molecule has 0 aliphatic carbocycles. The largest absolute Gasteiger partial charge is 0.395 e. The van der Waals surface area contributed by atoms with Crippen molar-refractivity contribution in [2.45, 2.75) is 25.9 Å². The molecule has 0 radical (unpaired) electrons. The molecule has 1 atom stereocenters. The van der Waals surface area contributed by atoms with E-state index < -0.39 is 6.04 Å². The Morgan fingerprint density at radius 1 is 1.40 bits per heavy atom. The monoisotopic (exact) mass is 274 g/mol. The van der Waals surface area contributed by atoms with Crippen LogP contribution in [-0.2, 0) is 17.8 Å². The zero-order valence-corrected chi connectivity index (χ0v) is 11.4. The molecule has 5 heteroatoms. The highest BCUT2D eigenvalue weighted by molar-refractivity contribution is 5.84. The lowest BCUT2D eigenvalue weighted by Crippen LogP contribution is -2.29. The molecule has 106 valence electrons. The molecule has 0 aliphatic rings. The Balaban J connectivity index is 2.63. The first-order valence-electron chi connectivity index (χ1n) is 6.50. The number of hydrogen-bond acceptors (Lipinski definition) is 4. The quantitative estimate of drug-likeness (QED) is 0.829. The summed E-state index contributed by atoms with van der Waals surface area (Å²) in [7, 11) is 0. The first kappa shape index (κ1) is 14.4. The number of rotatable bonds is 5. The molecule has 0 amide bonds. The van der Waals surface area contributed by atoms with E-state index in [4.69, 9.17) is 10.8 Å². The van der Waals surface area contributed by atoms with E-state index in [0.29, 0.717) is 6.42 Å². The number of carbonyl (C=O) groups is 1. The minimum Gasteiger partial charge on any atom is -0.395 e. The van der Waals surface area contributed by atoms with Crippen molar-refractivity contribution in [1.29, 1.82) is 0 Å². The average Bonchev–Trinajstić information content (AvgIpc) is 2.42. The molecule has 1 aromatic heterocycles. The molecule has 0 bridgehead atoms. The predicted molar refractivity (Wildman–Crippen MR) is 77.7 cm³/mol. The van der Waals surface area contributed by atoms with E-state index in [2.05, 4.69) is 0 Å². The fraction of sp³-hybridized carbons (Fsp3) is 0.333. The molecule has 2 aromatic rings. The number of Topliss-reactive ketones (excluding diaryl/α,β-unsaturated/α-hetero) is 1. The van der Waals surface area contributed by atoms with Crippen molar-refractivity contribution >= 4 is 16.7 Å². The Morgan fingerprint density at radius 2 is 2.10 bits per heavy atom. The van der Waals surface area contributed by atoms with Gasteiger partial charge in [-0.05, 0) is 25.0 Å². The van der Waals surface area contributed by atoms with Crippen LogP contribution in [-0.4, -0.2) is 28.1 Å². The summed E-state index contributed by atoms with van der Waals surface area (Å²) in [6.07, 6.45) is 0.424. The van der Waals surface area contributed by atoms with Gasteiger partial charge in [0.15, 0.2) is 0 Å². The van der Waals surface area contributed by atoms with Crippen LogP contribution in [0.5, 0.6) is 0 Å². The zero-order chi connectivity index (χ0) is 14.7. The van der Waals surface area contributed by atoms with Crippen molar-refractivity contribution in [3.8, 4) is 0 Å². The molecule has 2 rings (SSSR count). The standard InChI is InChI=1S/C15H18N2O3/c1-10(19)8-17-14-5-3-2-4-13(14)11(7-15(17)20)6-12(16)9-18/h2-5,7,12,18H,6,8-9,16H2,1H3. The van der Waals surface area contributed by atoms with Crippen molar-refractivity contribution in [2.24, 2.45) is 5.73 Å². The fourth-order valence-electron chi connectivity index (χ4n) is 2.31. The van der Waals surface area contributed by atoms with Crippen LogP contribution < -0.4 is 11.3 Å². The highest BCUT2D eigenvalue weighted by Crippen LogP contribution is 2.18. The smallest absolute Gasteiger partial charge is 0.251 e. The number of fused-ring (bicyclic) bond motifs is 1. The number of aromatic nitrogens is 1. The summed E-state index contributed by atoms with van der Waals surface area (Å²) >= 11 is 0. The fourth-order valence-corrected chi connectivity index (χ4v) is 2.31. The normalized spacial score (nSPS) is 12.6. The van der Waals surface area contributed by atoms with E-state index in [1.807, 2.05) is 24.3 Å². The van der Waals surface area contributed by atoms with Crippen molar-refractivity contribution in [3.63, 3.8) is 0 Å². The molecule has 5 nitrogen and oxygen atoms in total. The van der Waals surface area contributed by atoms with E-state index in [1.165, 1.54) is 17.6 Å². The van der Waals surface area contributed by atoms with Crippen LogP contribution in [0, 0.1) is 0 Å². The number of nitrogens with two attached hydrogens (primary N) is 1. The number of benzene rings is 1. The van der Waals surface area contributed by atoms with Gasteiger partial charge >= 0.3 is 0 Å².